The highest BCUT2D eigenvalue weighted by Gasteiger charge is 2.25. The number of aromatic nitrogens is 1. The molecule has 2 rings (SSSR count). The summed E-state index contributed by atoms with van der Waals surface area (Å²) in [7, 11) is 0. The van der Waals surface area contributed by atoms with Crippen LogP contribution >= 0.6 is 15.9 Å². The van der Waals surface area contributed by atoms with Crippen molar-refractivity contribution in [2.24, 2.45) is 5.73 Å². The van der Waals surface area contributed by atoms with Crippen molar-refractivity contribution in [1.82, 2.24) is 4.98 Å². The average molecular weight is 298 g/mol. The van der Waals surface area contributed by atoms with Gasteiger partial charge in [-0.25, -0.2) is 0 Å². The van der Waals surface area contributed by atoms with E-state index in [-0.39, 0.29) is 12.5 Å². The van der Waals surface area contributed by atoms with E-state index >= 15 is 0 Å². The predicted octanol–water partition coefficient (Wildman–Crippen LogP) is 2.08. The van der Waals surface area contributed by atoms with E-state index in [0.717, 1.165) is 23.0 Å². The molecular weight excluding hydrogens is 282 g/mol. The molecule has 4 nitrogen and oxygen atoms in total. The van der Waals surface area contributed by atoms with Gasteiger partial charge in [-0.05, 0) is 34.8 Å². The van der Waals surface area contributed by atoms with Crippen molar-refractivity contribution >= 4 is 27.5 Å². The quantitative estimate of drug-likeness (QED) is 0.926. The first-order chi connectivity index (χ1) is 8.18. The third kappa shape index (κ3) is 2.97. The zero-order chi connectivity index (χ0) is 12.3. The predicted molar refractivity (Wildman–Crippen MR) is 70.7 cm³/mol. The summed E-state index contributed by atoms with van der Waals surface area (Å²) in [6, 6.07) is 2.34. The van der Waals surface area contributed by atoms with Gasteiger partial charge in [-0.1, -0.05) is 12.8 Å². The second-order valence-corrected chi connectivity index (χ2v) is 5.21. The smallest absolute Gasteiger partial charge is 0.236 e. The molecule has 1 fully saturated rings. The average Bonchev–Trinajstić information content (AvgIpc) is 2.80. The maximum absolute atomic E-state index is 11.2. The highest BCUT2D eigenvalue weighted by molar-refractivity contribution is 9.10. The summed E-state index contributed by atoms with van der Waals surface area (Å²) in [6.07, 6.45) is 8.19. The van der Waals surface area contributed by atoms with Crippen LogP contribution in [0.15, 0.2) is 22.9 Å². The van der Waals surface area contributed by atoms with E-state index in [1.807, 2.05) is 6.07 Å². The summed E-state index contributed by atoms with van der Waals surface area (Å²) in [6.45, 7) is 0.271. The van der Waals surface area contributed by atoms with Gasteiger partial charge in [0.25, 0.3) is 0 Å². The zero-order valence-electron chi connectivity index (χ0n) is 9.60. The van der Waals surface area contributed by atoms with Gasteiger partial charge in [-0.3, -0.25) is 9.78 Å². The fourth-order valence-electron chi connectivity index (χ4n) is 2.40. The highest BCUT2D eigenvalue weighted by atomic mass is 79.9. The number of anilines is 1. The van der Waals surface area contributed by atoms with Crippen molar-refractivity contribution in [3.05, 3.63) is 22.9 Å². The lowest BCUT2D eigenvalue weighted by molar-refractivity contribution is -0.116. The summed E-state index contributed by atoms with van der Waals surface area (Å²) in [5.74, 6) is -0.291. The van der Waals surface area contributed by atoms with Gasteiger partial charge in [0, 0.05) is 18.4 Å². The Labute approximate surface area is 109 Å². The van der Waals surface area contributed by atoms with Crippen molar-refractivity contribution in [2.45, 2.75) is 31.7 Å². The largest absolute Gasteiger partial charge is 0.368 e. The first-order valence-electron chi connectivity index (χ1n) is 5.83. The molecule has 5 heteroatoms. The zero-order valence-corrected chi connectivity index (χ0v) is 11.2. The summed E-state index contributed by atoms with van der Waals surface area (Å²) in [5, 5.41) is 0. The minimum absolute atomic E-state index is 0.271. The maximum Gasteiger partial charge on any atom is 0.236 e. The number of nitrogens with two attached hydrogens (primary N) is 1. The number of carbonyl (C=O) groups is 1. The molecule has 1 aromatic rings. The van der Waals surface area contributed by atoms with Crippen LogP contribution in [0.2, 0.25) is 0 Å². The molecule has 0 unspecified atom stereocenters. The lowest BCUT2D eigenvalue weighted by Crippen LogP contribution is -2.40. The molecule has 0 aliphatic heterocycles. The third-order valence-corrected chi connectivity index (χ3v) is 3.76. The number of hydrogen-bond acceptors (Lipinski definition) is 3. The van der Waals surface area contributed by atoms with Gasteiger partial charge < -0.3 is 10.6 Å². The van der Waals surface area contributed by atoms with Crippen LogP contribution in [0.5, 0.6) is 0 Å². The number of rotatable bonds is 4. The molecule has 1 aliphatic rings. The van der Waals surface area contributed by atoms with E-state index in [1.165, 1.54) is 12.8 Å². The Bertz CT molecular complexity index is 404. The van der Waals surface area contributed by atoms with Crippen molar-refractivity contribution in [3.8, 4) is 0 Å². The van der Waals surface area contributed by atoms with E-state index in [0.29, 0.717) is 6.04 Å². The standard InChI is InChI=1S/C12H16BrN3O/c13-10-7-15-6-5-11(10)16(8-12(14)17)9-3-1-2-4-9/h5-7,9H,1-4,8H2,(H2,14,17). The fraction of sp³-hybridized carbons (Fsp3) is 0.500. The van der Waals surface area contributed by atoms with Gasteiger partial charge in [-0.15, -0.1) is 0 Å². The molecule has 1 heterocycles. The summed E-state index contributed by atoms with van der Waals surface area (Å²) >= 11 is 3.48. The van der Waals surface area contributed by atoms with Crippen molar-refractivity contribution < 1.29 is 4.79 Å². The summed E-state index contributed by atoms with van der Waals surface area (Å²) < 4.78 is 0.910. The molecule has 0 bridgehead atoms. The van der Waals surface area contributed by atoms with Gasteiger partial charge in [0.05, 0.1) is 16.7 Å². The Morgan fingerprint density at radius 3 is 2.82 bits per heavy atom. The van der Waals surface area contributed by atoms with E-state index in [2.05, 4.69) is 25.8 Å². The number of pyridine rings is 1. The molecule has 17 heavy (non-hydrogen) atoms. The molecule has 0 atom stereocenters. The Balaban J connectivity index is 2.25. The molecule has 2 N–H and O–H groups in total. The van der Waals surface area contributed by atoms with Crippen LogP contribution < -0.4 is 10.6 Å². The minimum atomic E-state index is -0.291. The number of carbonyl (C=O) groups excluding carboxylic acids is 1. The molecular formula is C12H16BrN3O. The normalized spacial score (nSPS) is 16.1. The van der Waals surface area contributed by atoms with Crippen LogP contribution in [0.25, 0.3) is 0 Å². The third-order valence-electron chi connectivity index (χ3n) is 3.15. The van der Waals surface area contributed by atoms with Crippen LogP contribution in [0, 0.1) is 0 Å². The molecule has 92 valence electrons. The van der Waals surface area contributed by atoms with Crippen molar-refractivity contribution in [2.75, 3.05) is 11.4 Å². The van der Waals surface area contributed by atoms with Crippen LogP contribution in [0.1, 0.15) is 25.7 Å². The van der Waals surface area contributed by atoms with Gasteiger partial charge in [0.15, 0.2) is 0 Å². The van der Waals surface area contributed by atoms with Crippen molar-refractivity contribution in [1.29, 1.82) is 0 Å². The van der Waals surface area contributed by atoms with Crippen LogP contribution in [0.3, 0.4) is 0 Å². The van der Waals surface area contributed by atoms with Crippen LogP contribution in [-0.2, 0) is 4.79 Å². The lowest BCUT2D eigenvalue weighted by atomic mass is 10.2. The van der Waals surface area contributed by atoms with E-state index in [9.17, 15) is 4.79 Å². The van der Waals surface area contributed by atoms with Gasteiger partial charge in [-0.2, -0.15) is 0 Å². The topological polar surface area (TPSA) is 59.2 Å². The first kappa shape index (κ1) is 12.4. The highest BCUT2D eigenvalue weighted by Crippen LogP contribution is 2.32. The molecule has 1 amide bonds. The Morgan fingerprint density at radius 1 is 1.53 bits per heavy atom. The Morgan fingerprint density at radius 2 is 2.24 bits per heavy atom. The second kappa shape index (κ2) is 5.49. The number of halogens is 1. The Hall–Kier alpha value is -1.10. The molecule has 0 saturated heterocycles. The minimum Gasteiger partial charge on any atom is -0.368 e. The number of nitrogens with zero attached hydrogens (tertiary/aromatic N) is 2. The van der Waals surface area contributed by atoms with Gasteiger partial charge >= 0.3 is 0 Å². The number of primary amides is 1. The summed E-state index contributed by atoms with van der Waals surface area (Å²) in [4.78, 5) is 17.3. The number of amides is 1. The molecule has 0 aromatic carbocycles. The van der Waals surface area contributed by atoms with E-state index in [4.69, 9.17) is 5.73 Å². The van der Waals surface area contributed by atoms with Crippen LogP contribution in [-0.4, -0.2) is 23.5 Å². The summed E-state index contributed by atoms with van der Waals surface area (Å²) in [5.41, 5.74) is 6.34. The van der Waals surface area contributed by atoms with E-state index < -0.39 is 0 Å². The lowest BCUT2D eigenvalue weighted by Gasteiger charge is -2.30. The number of hydrogen-bond donors (Lipinski definition) is 1. The molecule has 1 aliphatic carbocycles. The Kier molecular flexibility index (Phi) is 3.99. The monoisotopic (exact) mass is 297 g/mol. The van der Waals surface area contributed by atoms with Crippen LogP contribution in [0.4, 0.5) is 5.69 Å². The molecule has 0 spiro atoms. The fourth-order valence-corrected chi connectivity index (χ4v) is 2.87. The second-order valence-electron chi connectivity index (χ2n) is 4.36. The van der Waals surface area contributed by atoms with E-state index in [1.54, 1.807) is 12.4 Å². The molecule has 1 saturated carbocycles. The van der Waals surface area contributed by atoms with Gasteiger partial charge in [0.1, 0.15) is 0 Å². The first-order valence-corrected chi connectivity index (χ1v) is 6.62. The van der Waals surface area contributed by atoms with Gasteiger partial charge in [0.2, 0.25) is 5.91 Å². The molecule has 0 radical (unpaired) electrons. The SMILES string of the molecule is NC(=O)CN(c1ccncc1Br)C1CCCC1. The molecule has 1 aromatic heterocycles. The van der Waals surface area contributed by atoms with Crippen molar-refractivity contribution in [3.63, 3.8) is 0 Å². The maximum atomic E-state index is 11.2.